The summed E-state index contributed by atoms with van der Waals surface area (Å²) in [5.74, 6) is 1.45. The Morgan fingerprint density at radius 3 is 2.56 bits per heavy atom. The zero-order valence-electron chi connectivity index (χ0n) is 10.6. The van der Waals surface area contributed by atoms with Crippen LogP contribution in [-0.4, -0.2) is 23.8 Å². The van der Waals surface area contributed by atoms with Crippen molar-refractivity contribution in [1.29, 1.82) is 0 Å². The van der Waals surface area contributed by atoms with Gasteiger partial charge in [0, 0.05) is 11.1 Å². The summed E-state index contributed by atoms with van der Waals surface area (Å²) >= 11 is 3.26. The standard InChI is InChI=1S/C12H12BrN2O2.Li/c1-16-10-4-3-9(5-11(10)17-2)6-15-7-12(13)14-8-15;/h3-5,8H,6H2,1-2H3;/q-1;+1. The van der Waals surface area contributed by atoms with E-state index in [0.717, 1.165) is 17.1 Å². The van der Waals surface area contributed by atoms with Crippen LogP contribution in [0.2, 0.25) is 0 Å². The number of methoxy groups -OCH3 is 2. The molecule has 2 aromatic rings. The van der Waals surface area contributed by atoms with E-state index in [4.69, 9.17) is 9.47 Å². The molecule has 0 aliphatic rings. The number of rotatable bonds is 4. The second-order valence-corrected chi connectivity index (χ2v) is 4.22. The molecule has 0 unspecified atom stereocenters. The number of aromatic nitrogens is 2. The van der Waals surface area contributed by atoms with Gasteiger partial charge in [-0.05, 0) is 17.7 Å². The molecule has 0 amide bonds. The van der Waals surface area contributed by atoms with Crippen molar-refractivity contribution >= 4 is 15.9 Å². The van der Waals surface area contributed by atoms with Crippen molar-refractivity contribution < 1.29 is 28.3 Å². The molecule has 0 aliphatic heterocycles. The first kappa shape index (κ1) is 15.2. The number of benzene rings is 1. The summed E-state index contributed by atoms with van der Waals surface area (Å²) in [5.41, 5.74) is 1.10. The number of hydrogen-bond donors (Lipinski definition) is 0. The Morgan fingerprint density at radius 1 is 1.28 bits per heavy atom. The monoisotopic (exact) mass is 302 g/mol. The van der Waals surface area contributed by atoms with Crippen molar-refractivity contribution in [2.24, 2.45) is 0 Å². The molecule has 6 heteroatoms. The van der Waals surface area contributed by atoms with Gasteiger partial charge in [0.2, 0.25) is 0 Å². The predicted molar refractivity (Wildman–Crippen MR) is 67.4 cm³/mol. The van der Waals surface area contributed by atoms with Crippen LogP contribution in [0.15, 0.2) is 29.1 Å². The van der Waals surface area contributed by atoms with E-state index < -0.39 is 0 Å². The molecule has 1 aromatic heterocycles. The summed E-state index contributed by atoms with van der Waals surface area (Å²) in [5, 5.41) is 0. The second kappa shape index (κ2) is 6.88. The fourth-order valence-electron chi connectivity index (χ4n) is 1.55. The van der Waals surface area contributed by atoms with Crippen LogP contribution in [-0.2, 0) is 6.54 Å². The van der Waals surface area contributed by atoms with Crippen LogP contribution in [0.5, 0.6) is 11.5 Å². The van der Waals surface area contributed by atoms with E-state index in [9.17, 15) is 0 Å². The van der Waals surface area contributed by atoms with Gasteiger partial charge >= 0.3 is 18.9 Å². The maximum atomic E-state index is 5.25. The van der Waals surface area contributed by atoms with E-state index in [0.29, 0.717) is 11.1 Å². The minimum Gasteiger partial charge on any atom is -0.496 e. The molecule has 0 fully saturated rings. The summed E-state index contributed by atoms with van der Waals surface area (Å²) in [7, 11) is 3.25. The molecule has 2 rings (SSSR count). The van der Waals surface area contributed by atoms with Crippen molar-refractivity contribution in [3.63, 3.8) is 0 Å². The average molecular weight is 303 g/mol. The summed E-state index contributed by atoms with van der Waals surface area (Å²) in [6.07, 6.45) is 4.76. The van der Waals surface area contributed by atoms with Gasteiger partial charge in [-0.25, -0.2) is 0 Å². The van der Waals surface area contributed by atoms with Gasteiger partial charge in [0.05, 0.1) is 14.2 Å². The van der Waals surface area contributed by atoms with E-state index in [1.807, 2.05) is 22.8 Å². The molecule has 0 atom stereocenters. The number of ether oxygens (including phenoxy) is 2. The van der Waals surface area contributed by atoms with Gasteiger partial charge < -0.3 is 19.0 Å². The van der Waals surface area contributed by atoms with Crippen LogP contribution in [0.3, 0.4) is 0 Å². The third-order valence-corrected chi connectivity index (χ3v) is 2.73. The first-order valence-corrected chi connectivity index (χ1v) is 5.83. The third kappa shape index (κ3) is 3.55. The van der Waals surface area contributed by atoms with E-state index in [1.54, 1.807) is 20.5 Å². The minimum absolute atomic E-state index is 0. The Labute approximate surface area is 127 Å². The zero-order chi connectivity index (χ0) is 12.3. The van der Waals surface area contributed by atoms with Gasteiger partial charge in [0.15, 0.2) is 11.5 Å². The first-order chi connectivity index (χ1) is 8.22. The maximum Gasteiger partial charge on any atom is 1.00 e. The average Bonchev–Trinajstić information content (AvgIpc) is 2.74. The fourth-order valence-corrected chi connectivity index (χ4v) is 1.87. The van der Waals surface area contributed by atoms with Crippen LogP contribution < -0.4 is 28.3 Å². The molecular weight excluding hydrogens is 291 g/mol. The van der Waals surface area contributed by atoms with Crippen LogP contribution >= 0.6 is 15.9 Å². The van der Waals surface area contributed by atoms with Crippen LogP contribution in [0.1, 0.15) is 5.56 Å². The normalized spacial score (nSPS) is 9.72. The topological polar surface area (TPSA) is 36.3 Å². The largest absolute Gasteiger partial charge is 1.00 e. The van der Waals surface area contributed by atoms with Gasteiger partial charge in [-0.15, -0.1) is 6.20 Å². The molecule has 1 aromatic carbocycles. The summed E-state index contributed by atoms with van der Waals surface area (Å²) in [6.45, 7) is 0.693. The molecule has 0 saturated carbocycles. The Bertz CT molecular complexity index is 517. The molecule has 1 heterocycles. The molecule has 0 spiro atoms. The van der Waals surface area contributed by atoms with Gasteiger partial charge in [0.1, 0.15) is 0 Å². The molecular formula is C12H12BrLiN2O2. The Morgan fingerprint density at radius 2 is 2.00 bits per heavy atom. The van der Waals surface area contributed by atoms with Crippen molar-refractivity contribution in [2.45, 2.75) is 6.54 Å². The van der Waals surface area contributed by atoms with Crippen molar-refractivity contribution in [3.05, 3.63) is 40.9 Å². The first-order valence-electron chi connectivity index (χ1n) is 5.04. The minimum atomic E-state index is 0. The molecule has 0 saturated heterocycles. The van der Waals surface area contributed by atoms with Crippen molar-refractivity contribution in [1.82, 2.24) is 9.55 Å². The molecule has 0 bridgehead atoms. The summed E-state index contributed by atoms with van der Waals surface area (Å²) < 4.78 is 13.0. The second-order valence-electron chi connectivity index (χ2n) is 3.46. The molecule has 0 aliphatic carbocycles. The van der Waals surface area contributed by atoms with Gasteiger partial charge in [-0.2, -0.15) is 0 Å². The number of hydrogen-bond acceptors (Lipinski definition) is 3. The Hall–Kier alpha value is -0.893. The van der Waals surface area contributed by atoms with E-state index in [-0.39, 0.29) is 18.9 Å². The van der Waals surface area contributed by atoms with E-state index >= 15 is 0 Å². The fraction of sp³-hybridized carbons (Fsp3) is 0.250. The zero-order valence-corrected chi connectivity index (χ0v) is 12.2. The predicted octanol–water partition coefficient (Wildman–Crippen LogP) is -0.485. The van der Waals surface area contributed by atoms with Crippen LogP contribution in [0, 0.1) is 6.20 Å². The maximum absolute atomic E-state index is 5.25. The van der Waals surface area contributed by atoms with Crippen LogP contribution in [0.25, 0.3) is 0 Å². The molecule has 0 N–H and O–H groups in total. The van der Waals surface area contributed by atoms with E-state index in [2.05, 4.69) is 27.1 Å². The molecule has 18 heavy (non-hydrogen) atoms. The smallest absolute Gasteiger partial charge is 0.496 e. The summed E-state index contributed by atoms with van der Waals surface area (Å²) in [4.78, 5) is 4.06. The van der Waals surface area contributed by atoms with Crippen molar-refractivity contribution in [3.8, 4) is 11.5 Å². The Balaban J connectivity index is 0.00000162. The molecule has 0 radical (unpaired) electrons. The third-order valence-electron chi connectivity index (χ3n) is 2.35. The van der Waals surface area contributed by atoms with Gasteiger partial charge in [-0.3, -0.25) is 0 Å². The van der Waals surface area contributed by atoms with Crippen molar-refractivity contribution in [2.75, 3.05) is 14.2 Å². The number of halogens is 1. The molecule has 4 nitrogen and oxygen atoms in total. The SMILES string of the molecule is COc1ccc(Cn2[c-]c(Br)nc2)cc1OC.[Li+]. The number of nitrogens with zero attached hydrogens (tertiary/aromatic N) is 2. The summed E-state index contributed by atoms with van der Waals surface area (Å²) in [6, 6.07) is 5.82. The van der Waals surface area contributed by atoms with Gasteiger partial charge in [0.25, 0.3) is 0 Å². The van der Waals surface area contributed by atoms with Gasteiger partial charge in [-0.1, -0.05) is 28.3 Å². The quantitative estimate of drug-likeness (QED) is 0.565. The Kier molecular flexibility index (Phi) is 5.80. The molecule has 90 valence electrons. The van der Waals surface area contributed by atoms with Crippen LogP contribution in [0.4, 0.5) is 0 Å². The van der Waals surface area contributed by atoms with E-state index in [1.165, 1.54) is 0 Å². The number of imidazole rings is 1.